The number of carbonyl (C=O) groups is 1. The number of pyridine rings is 1. The van der Waals surface area contributed by atoms with Crippen LogP contribution in [0.4, 0.5) is 5.95 Å². The summed E-state index contributed by atoms with van der Waals surface area (Å²) in [6, 6.07) is 17.5. The zero-order valence-electron chi connectivity index (χ0n) is 15.0. The minimum absolute atomic E-state index is 0.243. The number of benzene rings is 2. The SMILES string of the molecule is COC(=O)c1c(CSc2n[nH]c(N)n2)nc2ccccc2c1-c1ccccc1. The van der Waals surface area contributed by atoms with Crippen LogP contribution >= 0.6 is 11.8 Å². The molecule has 7 nitrogen and oxygen atoms in total. The van der Waals surface area contributed by atoms with Crippen LogP contribution in [0.5, 0.6) is 0 Å². The number of nitrogen functional groups attached to an aromatic ring is 1. The Labute approximate surface area is 165 Å². The minimum Gasteiger partial charge on any atom is -0.465 e. The number of hydrogen-bond donors (Lipinski definition) is 2. The lowest BCUT2D eigenvalue weighted by Crippen LogP contribution is -2.10. The first kappa shape index (κ1) is 18.0. The molecule has 0 aliphatic carbocycles. The number of hydrogen-bond acceptors (Lipinski definition) is 7. The number of nitrogens with two attached hydrogens (primary N) is 1. The highest BCUT2D eigenvalue weighted by Crippen LogP contribution is 2.35. The maximum Gasteiger partial charge on any atom is 0.340 e. The molecule has 2 heterocycles. The lowest BCUT2D eigenvalue weighted by molar-refractivity contribution is 0.0600. The molecule has 0 fully saturated rings. The maximum absolute atomic E-state index is 12.8. The van der Waals surface area contributed by atoms with E-state index in [0.717, 1.165) is 22.0 Å². The number of ether oxygens (including phenoxy) is 1. The topological polar surface area (TPSA) is 107 Å². The van der Waals surface area contributed by atoms with Crippen LogP contribution in [0.2, 0.25) is 0 Å². The van der Waals surface area contributed by atoms with E-state index in [1.165, 1.54) is 18.9 Å². The number of aromatic amines is 1. The third-order valence-corrected chi connectivity index (χ3v) is 5.10. The highest BCUT2D eigenvalue weighted by atomic mass is 32.2. The Balaban J connectivity index is 1.91. The van der Waals surface area contributed by atoms with Crippen LogP contribution in [-0.4, -0.2) is 33.2 Å². The number of thioether (sulfide) groups is 1. The largest absolute Gasteiger partial charge is 0.465 e. The lowest BCUT2D eigenvalue weighted by Gasteiger charge is -2.15. The predicted molar refractivity (Wildman–Crippen MR) is 109 cm³/mol. The van der Waals surface area contributed by atoms with Gasteiger partial charge >= 0.3 is 5.97 Å². The zero-order valence-corrected chi connectivity index (χ0v) is 15.9. The molecule has 140 valence electrons. The zero-order chi connectivity index (χ0) is 19.5. The second-order valence-corrected chi connectivity index (χ2v) is 6.92. The van der Waals surface area contributed by atoms with Gasteiger partial charge < -0.3 is 10.5 Å². The van der Waals surface area contributed by atoms with Gasteiger partial charge in [-0.2, -0.15) is 4.98 Å². The van der Waals surface area contributed by atoms with Crippen LogP contribution in [0.3, 0.4) is 0 Å². The van der Waals surface area contributed by atoms with Gasteiger partial charge in [-0.3, -0.25) is 4.98 Å². The third-order valence-electron chi connectivity index (χ3n) is 4.24. The summed E-state index contributed by atoms with van der Waals surface area (Å²) in [4.78, 5) is 21.6. The molecule has 0 bridgehead atoms. The van der Waals surface area contributed by atoms with Gasteiger partial charge in [0.05, 0.1) is 23.9 Å². The van der Waals surface area contributed by atoms with E-state index in [9.17, 15) is 4.79 Å². The van der Waals surface area contributed by atoms with Crippen molar-refractivity contribution in [2.75, 3.05) is 12.8 Å². The summed E-state index contributed by atoms with van der Waals surface area (Å²) in [5.74, 6) is 0.209. The second kappa shape index (κ2) is 7.69. The average molecular weight is 391 g/mol. The Kier molecular flexibility index (Phi) is 4.94. The number of H-pyrrole nitrogens is 1. The highest BCUT2D eigenvalue weighted by Gasteiger charge is 2.23. The van der Waals surface area contributed by atoms with Crippen molar-refractivity contribution in [3.8, 4) is 11.1 Å². The van der Waals surface area contributed by atoms with Gasteiger partial charge in [0.1, 0.15) is 0 Å². The normalized spacial score (nSPS) is 10.9. The van der Waals surface area contributed by atoms with Gasteiger partial charge in [0, 0.05) is 16.7 Å². The fourth-order valence-corrected chi connectivity index (χ4v) is 3.80. The first-order chi connectivity index (χ1) is 13.7. The fourth-order valence-electron chi connectivity index (χ4n) is 3.05. The molecule has 28 heavy (non-hydrogen) atoms. The summed E-state index contributed by atoms with van der Waals surface area (Å²) in [7, 11) is 1.37. The number of esters is 1. The van der Waals surface area contributed by atoms with Gasteiger partial charge in [-0.25, -0.2) is 9.89 Å². The molecule has 4 aromatic rings. The molecule has 4 rings (SSSR count). The number of fused-ring (bicyclic) bond motifs is 1. The quantitative estimate of drug-likeness (QED) is 0.395. The lowest BCUT2D eigenvalue weighted by atomic mass is 9.94. The number of para-hydroxylation sites is 1. The number of anilines is 1. The van der Waals surface area contributed by atoms with Crippen LogP contribution in [-0.2, 0) is 10.5 Å². The van der Waals surface area contributed by atoms with Crippen LogP contribution < -0.4 is 5.73 Å². The first-order valence-electron chi connectivity index (χ1n) is 8.53. The standard InChI is InChI=1S/C20H17N5O2S/c1-27-18(26)17-15(11-28-20-23-19(21)24-25-20)22-14-10-6-5-9-13(14)16(17)12-7-3-2-4-8-12/h2-10H,11H2,1H3,(H3,21,23,24,25). The van der Waals surface area contributed by atoms with Gasteiger partial charge in [-0.1, -0.05) is 60.3 Å². The molecule has 0 aliphatic rings. The number of methoxy groups -OCH3 is 1. The summed E-state index contributed by atoms with van der Waals surface area (Å²) in [6.07, 6.45) is 0. The van der Waals surface area contributed by atoms with E-state index in [2.05, 4.69) is 15.2 Å². The Morgan fingerprint density at radius 2 is 1.86 bits per heavy atom. The summed E-state index contributed by atoms with van der Waals surface area (Å²) in [6.45, 7) is 0. The van der Waals surface area contributed by atoms with Crippen LogP contribution in [0.25, 0.3) is 22.0 Å². The van der Waals surface area contributed by atoms with Crippen molar-refractivity contribution in [2.24, 2.45) is 0 Å². The Morgan fingerprint density at radius 3 is 2.57 bits per heavy atom. The van der Waals surface area contributed by atoms with Crippen molar-refractivity contribution in [2.45, 2.75) is 10.9 Å². The Hall–Kier alpha value is -3.39. The fraction of sp³-hybridized carbons (Fsp3) is 0.100. The molecule has 0 unspecified atom stereocenters. The van der Waals surface area contributed by atoms with E-state index in [4.69, 9.17) is 15.5 Å². The van der Waals surface area contributed by atoms with Gasteiger partial charge in [-0.15, -0.1) is 5.10 Å². The maximum atomic E-state index is 12.8. The van der Waals surface area contributed by atoms with Gasteiger partial charge in [0.2, 0.25) is 11.1 Å². The van der Waals surface area contributed by atoms with Gasteiger partial charge in [0.25, 0.3) is 0 Å². The highest BCUT2D eigenvalue weighted by molar-refractivity contribution is 7.98. The number of rotatable bonds is 5. The summed E-state index contributed by atoms with van der Waals surface area (Å²) in [5, 5.41) is 8.01. The van der Waals surface area contributed by atoms with Crippen LogP contribution in [0.15, 0.2) is 59.8 Å². The summed E-state index contributed by atoms with van der Waals surface area (Å²) < 4.78 is 5.10. The van der Waals surface area contributed by atoms with E-state index < -0.39 is 5.97 Å². The van der Waals surface area contributed by atoms with E-state index in [1.807, 2.05) is 54.6 Å². The molecule has 3 N–H and O–H groups in total. The molecule has 0 aliphatic heterocycles. The predicted octanol–water partition coefficient (Wildman–Crippen LogP) is 3.68. The van der Waals surface area contributed by atoms with Crippen molar-refractivity contribution in [3.05, 3.63) is 65.9 Å². The number of nitrogens with one attached hydrogen (secondary N) is 1. The van der Waals surface area contributed by atoms with E-state index in [0.29, 0.717) is 22.2 Å². The summed E-state index contributed by atoms with van der Waals surface area (Å²) >= 11 is 1.35. The molecule has 0 amide bonds. The van der Waals surface area contributed by atoms with Crippen molar-refractivity contribution >= 4 is 34.6 Å². The third kappa shape index (κ3) is 3.41. The van der Waals surface area contributed by atoms with Crippen LogP contribution in [0.1, 0.15) is 16.1 Å². The Morgan fingerprint density at radius 1 is 1.11 bits per heavy atom. The van der Waals surface area contributed by atoms with Crippen molar-refractivity contribution in [1.82, 2.24) is 20.2 Å². The molecule has 0 atom stereocenters. The van der Waals surface area contributed by atoms with E-state index >= 15 is 0 Å². The monoisotopic (exact) mass is 391 g/mol. The first-order valence-corrected chi connectivity index (χ1v) is 9.52. The molecule has 0 radical (unpaired) electrons. The summed E-state index contributed by atoms with van der Waals surface area (Å²) in [5.41, 5.74) is 9.19. The Bertz CT molecular complexity index is 1140. The van der Waals surface area contributed by atoms with Crippen molar-refractivity contribution in [3.63, 3.8) is 0 Å². The van der Waals surface area contributed by atoms with Crippen molar-refractivity contribution in [1.29, 1.82) is 0 Å². The number of nitrogens with zero attached hydrogens (tertiary/aromatic N) is 3. The van der Waals surface area contributed by atoms with Gasteiger partial charge in [0.15, 0.2) is 0 Å². The number of aromatic nitrogens is 4. The smallest absolute Gasteiger partial charge is 0.340 e. The molecule has 2 aromatic carbocycles. The van der Waals surface area contributed by atoms with Gasteiger partial charge in [-0.05, 0) is 11.6 Å². The molecular weight excluding hydrogens is 374 g/mol. The van der Waals surface area contributed by atoms with Crippen molar-refractivity contribution < 1.29 is 9.53 Å². The molecule has 2 aromatic heterocycles. The molecular formula is C20H17N5O2S. The molecule has 8 heteroatoms. The second-order valence-electron chi connectivity index (χ2n) is 5.98. The molecule has 0 saturated heterocycles. The average Bonchev–Trinajstić information content (AvgIpc) is 3.16. The number of carbonyl (C=O) groups excluding carboxylic acids is 1. The molecule has 0 saturated carbocycles. The van der Waals surface area contributed by atoms with E-state index in [-0.39, 0.29) is 5.95 Å². The van der Waals surface area contributed by atoms with E-state index in [1.54, 1.807) is 0 Å². The van der Waals surface area contributed by atoms with Crippen LogP contribution in [0, 0.1) is 0 Å². The molecule has 0 spiro atoms. The minimum atomic E-state index is -0.429.